The first-order valence-corrected chi connectivity index (χ1v) is 10.1. The summed E-state index contributed by atoms with van der Waals surface area (Å²) in [5.41, 5.74) is 0.351. The molecule has 0 aromatic rings. The summed E-state index contributed by atoms with van der Waals surface area (Å²) in [6.45, 7) is 4.75. The largest absolute Gasteiger partial charge is 0.393 e. The van der Waals surface area contributed by atoms with E-state index in [1.807, 2.05) is 0 Å². The molecule has 0 amide bonds. The van der Waals surface area contributed by atoms with Crippen molar-refractivity contribution >= 4 is 21.7 Å². The van der Waals surface area contributed by atoms with Crippen molar-refractivity contribution in [2.24, 2.45) is 34.5 Å². The standard InChI is InChI=1S/C19H29BrO2/c1-18-7-5-12(21)9-11(18)3-4-13-14(18)6-8-19(2)15(13)10-16(20)17(19)22/h11-16,21H,3-10H2,1-2H3/t11?,12-,13+,14-,15-,16+,18-,19-/m0/s1. The SMILES string of the molecule is C[C@]12CC[C@H](O)CC1CC[C@@H]1[C@@H]2CC[C@]2(C)C(=O)[C@H](Br)C[C@@H]12. The van der Waals surface area contributed by atoms with E-state index in [0.717, 1.165) is 37.5 Å². The van der Waals surface area contributed by atoms with Gasteiger partial charge in [-0.2, -0.15) is 0 Å². The van der Waals surface area contributed by atoms with E-state index in [9.17, 15) is 9.90 Å². The number of carbonyl (C=O) groups excluding carboxylic acids is 1. The molecular weight excluding hydrogens is 340 g/mol. The lowest BCUT2D eigenvalue weighted by Crippen LogP contribution is -2.54. The molecule has 22 heavy (non-hydrogen) atoms. The molecule has 0 radical (unpaired) electrons. The Balaban J connectivity index is 1.64. The first-order chi connectivity index (χ1) is 10.4. The molecule has 0 heterocycles. The molecule has 4 aliphatic carbocycles. The Bertz CT molecular complexity index is 492. The van der Waals surface area contributed by atoms with Crippen LogP contribution in [0.2, 0.25) is 0 Å². The Kier molecular flexibility index (Phi) is 3.59. The van der Waals surface area contributed by atoms with Gasteiger partial charge in [-0.25, -0.2) is 0 Å². The maximum atomic E-state index is 12.7. The molecule has 0 aromatic heterocycles. The van der Waals surface area contributed by atoms with Crippen LogP contribution in [0.3, 0.4) is 0 Å². The summed E-state index contributed by atoms with van der Waals surface area (Å²) in [5, 5.41) is 10.1. The summed E-state index contributed by atoms with van der Waals surface area (Å²) in [4.78, 5) is 12.8. The van der Waals surface area contributed by atoms with Gasteiger partial charge in [-0.1, -0.05) is 29.8 Å². The van der Waals surface area contributed by atoms with Crippen molar-refractivity contribution in [3.8, 4) is 0 Å². The highest BCUT2D eigenvalue weighted by molar-refractivity contribution is 9.10. The predicted octanol–water partition coefficient (Wildman–Crippen LogP) is 4.33. The summed E-state index contributed by atoms with van der Waals surface area (Å²) < 4.78 is 0. The van der Waals surface area contributed by atoms with Crippen molar-refractivity contribution in [2.45, 2.75) is 76.1 Å². The number of hydrogen-bond donors (Lipinski definition) is 1. The quantitative estimate of drug-likeness (QED) is 0.646. The molecule has 1 unspecified atom stereocenters. The second-order valence-electron chi connectivity index (χ2n) is 9.11. The van der Waals surface area contributed by atoms with Gasteiger partial charge in [-0.05, 0) is 80.5 Å². The van der Waals surface area contributed by atoms with E-state index in [1.54, 1.807) is 0 Å². The van der Waals surface area contributed by atoms with Gasteiger partial charge < -0.3 is 5.11 Å². The summed E-state index contributed by atoms with van der Waals surface area (Å²) in [6.07, 6.45) is 9.04. The van der Waals surface area contributed by atoms with Crippen LogP contribution in [0.5, 0.6) is 0 Å². The second-order valence-corrected chi connectivity index (χ2v) is 10.2. The van der Waals surface area contributed by atoms with E-state index in [4.69, 9.17) is 0 Å². The molecule has 4 aliphatic rings. The zero-order valence-corrected chi connectivity index (χ0v) is 15.4. The first kappa shape index (κ1) is 15.6. The second kappa shape index (κ2) is 5.05. The van der Waals surface area contributed by atoms with Gasteiger partial charge in [-0.15, -0.1) is 0 Å². The zero-order chi connectivity index (χ0) is 15.7. The smallest absolute Gasteiger partial charge is 0.152 e. The third kappa shape index (κ3) is 1.97. The van der Waals surface area contributed by atoms with Crippen molar-refractivity contribution in [3.63, 3.8) is 0 Å². The summed E-state index contributed by atoms with van der Waals surface area (Å²) in [6, 6.07) is 0. The number of Topliss-reactive ketones (excluding diaryl/α,β-unsaturated/α-hetero) is 1. The van der Waals surface area contributed by atoms with Gasteiger partial charge in [0.1, 0.15) is 0 Å². The molecule has 3 heteroatoms. The van der Waals surface area contributed by atoms with Crippen LogP contribution in [0.4, 0.5) is 0 Å². The predicted molar refractivity (Wildman–Crippen MR) is 90.8 cm³/mol. The minimum Gasteiger partial charge on any atom is -0.393 e. The van der Waals surface area contributed by atoms with Crippen molar-refractivity contribution in [2.75, 3.05) is 0 Å². The van der Waals surface area contributed by atoms with Crippen LogP contribution in [0, 0.1) is 34.5 Å². The third-order valence-electron chi connectivity index (χ3n) is 8.34. The molecule has 124 valence electrons. The first-order valence-electron chi connectivity index (χ1n) is 9.23. The van der Waals surface area contributed by atoms with Gasteiger partial charge in [0.05, 0.1) is 10.9 Å². The Morgan fingerprint density at radius 3 is 2.59 bits per heavy atom. The summed E-state index contributed by atoms with van der Waals surface area (Å²) >= 11 is 3.65. The van der Waals surface area contributed by atoms with Crippen molar-refractivity contribution in [3.05, 3.63) is 0 Å². The van der Waals surface area contributed by atoms with Crippen molar-refractivity contribution < 1.29 is 9.90 Å². The number of hydrogen-bond acceptors (Lipinski definition) is 2. The van der Waals surface area contributed by atoms with E-state index in [-0.39, 0.29) is 16.3 Å². The topological polar surface area (TPSA) is 37.3 Å². The molecule has 1 N–H and O–H groups in total. The third-order valence-corrected chi connectivity index (χ3v) is 9.13. The Labute approximate surface area is 142 Å². The molecule has 0 aromatic carbocycles. The van der Waals surface area contributed by atoms with E-state index < -0.39 is 0 Å². The summed E-state index contributed by atoms with van der Waals surface area (Å²) in [7, 11) is 0. The lowest BCUT2D eigenvalue weighted by atomic mass is 9.45. The number of ketones is 1. The van der Waals surface area contributed by atoms with Gasteiger partial charge in [-0.3, -0.25) is 4.79 Å². The lowest BCUT2D eigenvalue weighted by molar-refractivity contribution is -0.142. The van der Waals surface area contributed by atoms with Crippen LogP contribution >= 0.6 is 15.9 Å². The number of rotatable bonds is 0. The van der Waals surface area contributed by atoms with Crippen LogP contribution in [0.25, 0.3) is 0 Å². The van der Waals surface area contributed by atoms with Gasteiger partial charge in [0.15, 0.2) is 5.78 Å². The lowest BCUT2D eigenvalue weighted by Gasteiger charge is -2.60. The fourth-order valence-electron chi connectivity index (χ4n) is 6.98. The number of aliphatic hydroxyl groups is 1. The monoisotopic (exact) mass is 368 g/mol. The summed E-state index contributed by atoms with van der Waals surface area (Å²) in [5.74, 6) is 3.29. The fourth-order valence-corrected chi connectivity index (χ4v) is 7.91. The number of halogens is 1. The Morgan fingerprint density at radius 2 is 1.82 bits per heavy atom. The van der Waals surface area contributed by atoms with Crippen LogP contribution in [0.1, 0.15) is 65.2 Å². The van der Waals surface area contributed by atoms with Gasteiger partial charge in [0.25, 0.3) is 0 Å². The van der Waals surface area contributed by atoms with E-state index in [2.05, 4.69) is 29.8 Å². The Morgan fingerprint density at radius 1 is 1.05 bits per heavy atom. The molecule has 4 saturated carbocycles. The zero-order valence-electron chi connectivity index (χ0n) is 13.9. The Hall–Kier alpha value is 0.110. The highest BCUT2D eigenvalue weighted by atomic mass is 79.9. The fraction of sp³-hybridized carbons (Fsp3) is 0.947. The molecule has 4 fully saturated rings. The van der Waals surface area contributed by atoms with Crippen molar-refractivity contribution in [1.29, 1.82) is 0 Å². The maximum Gasteiger partial charge on any atom is 0.152 e. The van der Waals surface area contributed by atoms with Crippen LogP contribution < -0.4 is 0 Å². The number of fused-ring (bicyclic) bond motifs is 5. The number of carbonyl (C=O) groups is 1. The molecule has 0 saturated heterocycles. The van der Waals surface area contributed by atoms with Crippen LogP contribution in [-0.4, -0.2) is 21.8 Å². The van der Waals surface area contributed by atoms with E-state index in [0.29, 0.717) is 23.0 Å². The molecule has 8 atom stereocenters. The average Bonchev–Trinajstić information content (AvgIpc) is 2.72. The number of aliphatic hydroxyl groups excluding tert-OH is 1. The molecular formula is C19H29BrO2. The highest BCUT2D eigenvalue weighted by Crippen LogP contribution is 2.65. The van der Waals surface area contributed by atoms with Crippen LogP contribution in [-0.2, 0) is 4.79 Å². The molecule has 0 aliphatic heterocycles. The van der Waals surface area contributed by atoms with Crippen molar-refractivity contribution in [1.82, 2.24) is 0 Å². The number of alkyl halides is 1. The molecule has 4 rings (SSSR count). The maximum absolute atomic E-state index is 12.7. The molecule has 0 spiro atoms. The van der Waals surface area contributed by atoms with Gasteiger partial charge >= 0.3 is 0 Å². The van der Waals surface area contributed by atoms with Crippen LogP contribution in [0.15, 0.2) is 0 Å². The average molecular weight is 369 g/mol. The molecule has 0 bridgehead atoms. The van der Waals surface area contributed by atoms with Gasteiger partial charge in [0, 0.05) is 5.41 Å². The normalized spacial score (nSPS) is 57.9. The van der Waals surface area contributed by atoms with E-state index in [1.165, 1.54) is 25.7 Å². The minimum absolute atomic E-state index is 0.0628. The highest BCUT2D eigenvalue weighted by Gasteiger charge is 2.61. The minimum atomic E-state index is -0.0662. The molecule has 2 nitrogen and oxygen atoms in total. The van der Waals surface area contributed by atoms with Gasteiger partial charge in [0.2, 0.25) is 0 Å². The van der Waals surface area contributed by atoms with E-state index >= 15 is 0 Å².